The zero-order chi connectivity index (χ0) is 12.1. The number of methoxy groups -OCH3 is 1. The van der Waals surface area contributed by atoms with Gasteiger partial charge in [0.05, 0.1) is 10.0 Å². The Labute approximate surface area is 105 Å². The predicted molar refractivity (Wildman–Crippen MR) is 61.5 cm³/mol. The van der Waals surface area contributed by atoms with Gasteiger partial charge in [0.2, 0.25) is 0 Å². The van der Waals surface area contributed by atoms with Gasteiger partial charge < -0.3 is 18.7 Å². The Morgan fingerprint density at radius 3 is 2.44 bits per heavy atom. The van der Waals surface area contributed by atoms with Crippen molar-refractivity contribution < 1.29 is 18.2 Å². The second-order valence-corrected chi connectivity index (χ2v) is 4.14. The van der Waals surface area contributed by atoms with Crippen LogP contribution in [0.4, 0.5) is 5.69 Å². The van der Waals surface area contributed by atoms with Crippen LogP contribution in [-0.2, 0) is 16.0 Å². The summed E-state index contributed by atoms with van der Waals surface area (Å²) in [6.45, 7) is -0.000296. The smallest absolute Gasteiger partial charge is 0.188 e. The topological polar surface area (TPSA) is 70.6 Å². The fourth-order valence-electron chi connectivity index (χ4n) is 0.971. The molecule has 0 radical (unpaired) electrons. The standard InChI is InChI=1S/C8H9Cl2NO4S/c1-14-4-15-8-6(9)2-5(3-7(8)10)11-16(12)13/h2-3,11H,4H2,1H3,(H,12,13)/p-1. The number of ether oxygens (including phenoxy) is 2. The molecule has 1 N–H and O–H groups in total. The van der Waals surface area contributed by atoms with Crippen LogP contribution in [0.5, 0.6) is 5.75 Å². The zero-order valence-corrected chi connectivity index (χ0v) is 10.5. The normalized spacial score (nSPS) is 12.2. The molecule has 1 aromatic carbocycles. The Balaban J connectivity index is 2.93. The first kappa shape index (κ1) is 13.5. The Kier molecular flexibility index (Phi) is 5.30. The summed E-state index contributed by atoms with van der Waals surface area (Å²) in [7, 11) is 1.46. The first-order chi connectivity index (χ1) is 7.54. The molecule has 0 heterocycles. The van der Waals surface area contributed by atoms with Crippen LogP contribution in [0.2, 0.25) is 10.0 Å². The van der Waals surface area contributed by atoms with Gasteiger partial charge in [-0.1, -0.05) is 23.2 Å². The van der Waals surface area contributed by atoms with E-state index in [0.717, 1.165) is 0 Å². The quantitative estimate of drug-likeness (QED) is 0.665. The van der Waals surface area contributed by atoms with Gasteiger partial charge in [-0.05, 0) is 12.1 Å². The lowest BCUT2D eigenvalue weighted by molar-refractivity contribution is 0.0513. The van der Waals surface area contributed by atoms with Crippen LogP contribution in [0, 0.1) is 0 Å². The third kappa shape index (κ3) is 3.80. The summed E-state index contributed by atoms with van der Waals surface area (Å²) in [6, 6.07) is 2.77. The molecule has 0 saturated carbocycles. The third-order valence-corrected chi connectivity index (χ3v) is 2.48. The highest BCUT2D eigenvalue weighted by molar-refractivity contribution is 7.80. The minimum Gasteiger partial charge on any atom is -0.755 e. The van der Waals surface area contributed by atoms with Gasteiger partial charge in [-0.25, -0.2) is 0 Å². The Bertz CT molecular complexity index is 379. The average Bonchev–Trinajstić information content (AvgIpc) is 2.15. The van der Waals surface area contributed by atoms with Crippen LogP contribution < -0.4 is 9.46 Å². The fraction of sp³-hybridized carbons (Fsp3) is 0.250. The van der Waals surface area contributed by atoms with Crippen LogP contribution in [0.3, 0.4) is 0 Å². The number of halogens is 2. The number of rotatable bonds is 5. The number of hydrogen-bond acceptors (Lipinski definition) is 4. The summed E-state index contributed by atoms with van der Waals surface area (Å²) < 4.78 is 32.7. The second-order valence-electron chi connectivity index (χ2n) is 2.66. The largest absolute Gasteiger partial charge is 0.755 e. The lowest BCUT2D eigenvalue weighted by Gasteiger charge is -2.13. The Morgan fingerprint density at radius 2 is 2.00 bits per heavy atom. The van der Waals surface area contributed by atoms with Crippen LogP contribution >= 0.6 is 23.2 Å². The summed E-state index contributed by atoms with van der Waals surface area (Å²) in [5, 5.41) is 0.384. The highest BCUT2D eigenvalue weighted by atomic mass is 35.5. The van der Waals surface area contributed by atoms with Gasteiger partial charge in [-0.15, -0.1) is 0 Å². The van der Waals surface area contributed by atoms with Crippen molar-refractivity contribution >= 4 is 40.2 Å². The minimum atomic E-state index is -2.43. The minimum absolute atomic E-state index is 0.000296. The van der Waals surface area contributed by atoms with Crippen LogP contribution in [-0.4, -0.2) is 22.7 Å². The van der Waals surface area contributed by atoms with Crippen molar-refractivity contribution in [3.05, 3.63) is 22.2 Å². The summed E-state index contributed by atoms with van der Waals surface area (Å²) in [6.07, 6.45) is 0. The maximum absolute atomic E-state index is 10.4. The zero-order valence-electron chi connectivity index (χ0n) is 8.16. The average molecular weight is 285 g/mol. The van der Waals surface area contributed by atoms with Gasteiger partial charge >= 0.3 is 0 Å². The van der Waals surface area contributed by atoms with E-state index in [4.69, 9.17) is 32.7 Å². The monoisotopic (exact) mass is 284 g/mol. The van der Waals surface area contributed by atoms with E-state index in [1.54, 1.807) is 0 Å². The van der Waals surface area contributed by atoms with E-state index in [0.29, 0.717) is 0 Å². The summed E-state index contributed by atoms with van der Waals surface area (Å²) in [4.78, 5) is 0. The van der Waals surface area contributed by atoms with E-state index in [1.165, 1.54) is 19.2 Å². The van der Waals surface area contributed by atoms with Crippen molar-refractivity contribution in [2.45, 2.75) is 0 Å². The highest BCUT2D eigenvalue weighted by Crippen LogP contribution is 2.36. The molecular formula is C8H8Cl2NO4S-. The number of anilines is 1. The first-order valence-corrected chi connectivity index (χ1v) is 5.84. The van der Waals surface area contributed by atoms with Gasteiger partial charge in [0, 0.05) is 24.1 Å². The molecular weight excluding hydrogens is 277 g/mol. The fourth-order valence-corrected chi connectivity index (χ4v) is 1.88. The van der Waals surface area contributed by atoms with Crippen molar-refractivity contribution in [1.29, 1.82) is 0 Å². The molecule has 90 valence electrons. The lowest BCUT2D eigenvalue weighted by atomic mass is 10.3. The summed E-state index contributed by atoms with van der Waals surface area (Å²) in [5.74, 6) is 0.243. The van der Waals surface area contributed by atoms with Gasteiger partial charge in [0.1, 0.15) is 0 Å². The van der Waals surface area contributed by atoms with Crippen LogP contribution in [0.15, 0.2) is 12.1 Å². The van der Waals surface area contributed by atoms with E-state index < -0.39 is 11.3 Å². The van der Waals surface area contributed by atoms with Crippen molar-refractivity contribution in [1.82, 2.24) is 0 Å². The Hall–Kier alpha value is -0.530. The molecule has 0 aliphatic heterocycles. The van der Waals surface area contributed by atoms with E-state index in [1.807, 2.05) is 0 Å². The van der Waals surface area contributed by atoms with Crippen molar-refractivity contribution in [2.75, 3.05) is 18.6 Å². The molecule has 1 aromatic rings. The van der Waals surface area contributed by atoms with Gasteiger partial charge in [-0.3, -0.25) is 4.21 Å². The molecule has 5 nitrogen and oxygen atoms in total. The third-order valence-electron chi connectivity index (χ3n) is 1.52. The van der Waals surface area contributed by atoms with Crippen molar-refractivity contribution in [3.63, 3.8) is 0 Å². The van der Waals surface area contributed by atoms with E-state index in [2.05, 4.69) is 4.72 Å². The Morgan fingerprint density at radius 1 is 1.44 bits per heavy atom. The van der Waals surface area contributed by atoms with E-state index >= 15 is 0 Å². The SMILES string of the molecule is COCOc1c(Cl)cc(NS(=O)[O-])cc1Cl. The molecule has 0 aromatic heterocycles. The second kappa shape index (κ2) is 6.27. The molecule has 1 rings (SSSR count). The molecule has 8 heteroatoms. The molecule has 0 amide bonds. The maximum atomic E-state index is 10.4. The van der Waals surface area contributed by atoms with Crippen molar-refractivity contribution in [2.24, 2.45) is 0 Å². The summed E-state index contributed by atoms with van der Waals surface area (Å²) >= 11 is 9.27. The molecule has 1 atom stereocenters. The molecule has 0 saturated heterocycles. The molecule has 0 spiro atoms. The van der Waals surface area contributed by atoms with Gasteiger partial charge in [0.25, 0.3) is 0 Å². The van der Waals surface area contributed by atoms with Crippen LogP contribution in [0.1, 0.15) is 0 Å². The van der Waals surface area contributed by atoms with Crippen LogP contribution in [0.25, 0.3) is 0 Å². The number of benzene rings is 1. The van der Waals surface area contributed by atoms with E-state index in [-0.39, 0.29) is 28.3 Å². The molecule has 0 aliphatic carbocycles. The number of nitrogens with one attached hydrogen (secondary N) is 1. The van der Waals surface area contributed by atoms with E-state index in [9.17, 15) is 8.76 Å². The first-order valence-electron chi connectivity index (χ1n) is 4.01. The maximum Gasteiger partial charge on any atom is 0.188 e. The van der Waals surface area contributed by atoms with Gasteiger partial charge in [-0.2, -0.15) is 0 Å². The highest BCUT2D eigenvalue weighted by Gasteiger charge is 2.09. The van der Waals surface area contributed by atoms with Crippen molar-refractivity contribution in [3.8, 4) is 5.75 Å². The van der Waals surface area contributed by atoms with Gasteiger partial charge in [0.15, 0.2) is 12.5 Å². The molecule has 1 unspecified atom stereocenters. The predicted octanol–water partition coefficient (Wildman–Crippen LogP) is 2.18. The molecule has 0 aliphatic rings. The number of hydrogen-bond donors (Lipinski definition) is 1. The summed E-state index contributed by atoms with van der Waals surface area (Å²) in [5.41, 5.74) is 0.258. The lowest BCUT2D eigenvalue weighted by Crippen LogP contribution is -2.04. The molecule has 16 heavy (non-hydrogen) atoms. The molecule has 0 bridgehead atoms. The molecule has 0 fully saturated rings.